The maximum absolute atomic E-state index is 12.4. The number of aliphatic carboxylic acids is 1. The molecule has 0 spiro atoms. The lowest BCUT2D eigenvalue weighted by molar-refractivity contribution is -0.149. The average Bonchev–Trinajstić information content (AvgIpc) is 2.86. The summed E-state index contributed by atoms with van der Waals surface area (Å²) in [6.45, 7) is 6.75. The Balaban J connectivity index is 2.74. The van der Waals surface area contributed by atoms with Gasteiger partial charge in [-0.15, -0.1) is 0 Å². The monoisotopic (exact) mass is 286 g/mol. The molecular formula is C14H26N2O4. The number of nitrogens with zero attached hydrogens (tertiary/aromatic N) is 1. The Morgan fingerprint density at radius 1 is 1.45 bits per heavy atom. The SMILES string of the molecule is CCCOC1CC(C(=O)O)N(C(=O)C(N)C(C)CC)C1. The fraction of sp³-hybridized carbons (Fsp3) is 0.857. The first-order valence-electron chi connectivity index (χ1n) is 7.32. The quantitative estimate of drug-likeness (QED) is 0.723. The molecule has 1 aliphatic rings. The molecule has 6 nitrogen and oxygen atoms in total. The molecule has 116 valence electrons. The predicted octanol–water partition coefficient (Wildman–Crippen LogP) is 0.841. The zero-order valence-corrected chi connectivity index (χ0v) is 12.5. The van der Waals surface area contributed by atoms with Crippen molar-refractivity contribution in [2.45, 2.75) is 58.2 Å². The summed E-state index contributed by atoms with van der Waals surface area (Å²) in [6.07, 6.45) is 1.79. The fourth-order valence-electron chi connectivity index (χ4n) is 2.37. The first-order valence-corrected chi connectivity index (χ1v) is 7.32. The van der Waals surface area contributed by atoms with E-state index in [4.69, 9.17) is 10.5 Å². The number of ether oxygens (including phenoxy) is 1. The van der Waals surface area contributed by atoms with Gasteiger partial charge in [-0.2, -0.15) is 0 Å². The van der Waals surface area contributed by atoms with E-state index >= 15 is 0 Å². The highest BCUT2D eigenvalue weighted by Gasteiger charge is 2.42. The third-order valence-electron chi connectivity index (χ3n) is 3.93. The van der Waals surface area contributed by atoms with Crippen LogP contribution in [0.25, 0.3) is 0 Å². The second-order valence-corrected chi connectivity index (χ2v) is 5.48. The molecule has 1 saturated heterocycles. The van der Waals surface area contributed by atoms with Crippen LogP contribution in [0.15, 0.2) is 0 Å². The van der Waals surface area contributed by atoms with Gasteiger partial charge in [0.25, 0.3) is 0 Å². The lowest BCUT2D eigenvalue weighted by Gasteiger charge is -2.27. The number of rotatable bonds is 7. The molecule has 1 fully saturated rings. The highest BCUT2D eigenvalue weighted by molar-refractivity contribution is 5.87. The number of carboxylic acid groups (broad SMARTS) is 1. The molecule has 4 unspecified atom stereocenters. The molecule has 1 rings (SSSR count). The largest absolute Gasteiger partial charge is 0.480 e. The molecule has 3 N–H and O–H groups in total. The second-order valence-electron chi connectivity index (χ2n) is 5.48. The number of carbonyl (C=O) groups excluding carboxylic acids is 1. The maximum Gasteiger partial charge on any atom is 0.326 e. The van der Waals surface area contributed by atoms with Crippen LogP contribution in [0.4, 0.5) is 0 Å². The summed E-state index contributed by atoms with van der Waals surface area (Å²) >= 11 is 0. The van der Waals surface area contributed by atoms with Gasteiger partial charge in [-0.05, 0) is 12.3 Å². The van der Waals surface area contributed by atoms with Gasteiger partial charge in [-0.25, -0.2) is 4.79 Å². The van der Waals surface area contributed by atoms with Gasteiger partial charge >= 0.3 is 5.97 Å². The van der Waals surface area contributed by atoms with Crippen molar-refractivity contribution >= 4 is 11.9 Å². The van der Waals surface area contributed by atoms with Gasteiger partial charge in [0.15, 0.2) is 0 Å². The topological polar surface area (TPSA) is 92.9 Å². The summed E-state index contributed by atoms with van der Waals surface area (Å²) in [5, 5.41) is 9.26. The lowest BCUT2D eigenvalue weighted by Crippen LogP contribution is -2.50. The van der Waals surface area contributed by atoms with Crippen molar-refractivity contribution in [2.75, 3.05) is 13.2 Å². The summed E-state index contributed by atoms with van der Waals surface area (Å²) in [5.41, 5.74) is 5.93. The minimum Gasteiger partial charge on any atom is -0.480 e. The molecule has 0 aromatic carbocycles. The van der Waals surface area contributed by atoms with E-state index in [9.17, 15) is 14.7 Å². The van der Waals surface area contributed by atoms with Gasteiger partial charge in [-0.1, -0.05) is 27.2 Å². The van der Waals surface area contributed by atoms with Crippen LogP contribution < -0.4 is 5.73 Å². The van der Waals surface area contributed by atoms with Crippen LogP contribution in [0.1, 0.15) is 40.0 Å². The van der Waals surface area contributed by atoms with Gasteiger partial charge < -0.3 is 20.5 Å². The number of carbonyl (C=O) groups is 2. The smallest absolute Gasteiger partial charge is 0.326 e. The van der Waals surface area contributed by atoms with Crippen molar-refractivity contribution in [1.29, 1.82) is 0 Å². The van der Waals surface area contributed by atoms with Crippen molar-refractivity contribution in [1.82, 2.24) is 4.90 Å². The van der Waals surface area contributed by atoms with Crippen LogP contribution in [0.2, 0.25) is 0 Å². The van der Waals surface area contributed by atoms with Crippen molar-refractivity contribution in [3.63, 3.8) is 0 Å². The van der Waals surface area contributed by atoms with Crippen molar-refractivity contribution in [2.24, 2.45) is 11.7 Å². The van der Waals surface area contributed by atoms with Crippen LogP contribution in [0, 0.1) is 5.92 Å². The molecular weight excluding hydrogens is 260 g/mol. The molecule has 1 amide bonds. The molecule has 1 aliphatic heterocycles. The molecule has 0 radical (unpaired) electrons. The molecule has 20 heavy (non-hydrogen) atoms. The summed E-state index contributed by atoms with van der Waals surface area (Å²) in [4.78, 5) is 25.0. The van der Waals surface area contributed by atoms with E-state index in [2.05, 4.69) is 0 Å². The first-order chi connectivity index (χ1) is 9.42. The Kier molecular flexibility index (Phi) is 6.42. The van der Waals surface area contributed by atoms with Crippen LogP contribution in [0.3, 0.4) is 0 Å². The Morgan fingerprint density at radius 2 is 2.10 bits per heavy atom. The van der Waals surface area contributed by atoms with E-state index in [1.165, 1.54) is 4.90 Å². The van der Waals surface area contributed by atoms with E-state index in [0.29, 0.717) is 19.6 Å². The molecule has 6 heteroatoms. The van der Waals surface area contributed by atoms with Gasteiger partial charge in [-0.3, -0.25) is 4.79 Å². The van der Waals surface area contributed by atoms with E-state index in [1.54, 1.807) is 0 Å². The summed E-state index contributed by atoms with van der Waals surface area (Å²) in [5.74, 6) is -1.24. The third kappa shape index (κ3) is 3.93. The van der Waals surface area contributed by atoms with Crippen LogP contribution in [-0.4, -0.2) is 53.2 Å². The minimum absolute atomic E-state index is 0.0348. The van der Waals surface area contributed by atoms with Crippen molar-refractivity contribution < 1.29 is 19.4 Å². The zero-order valence-electron chi connectivity index (χ0n) is 12.5. The van der Waals surface area contributed by atoms with E-state index in [1.807, 2.05) is 20.8 Å². The van der Waals surface area contributed by atoms with Gasteiger partial charge in [0, 0.05) is 19.6 Å². The van der Waals surface area contributed by atoms with E-state index in [-0.39, 0.29) is 17.9 Å². The molecule has 0 aromatic rings. The maximum atomic E-state index is 12.4. The summed E-state index contributed by atoms with van der Waals surface area (Å²) < 4.78 is 5.58. The molecule has 4 atom stereocenters. The number of hydrogen-bond acceptors (Lipinski definition) is 4. The van der Waals surface area contributed by atoms with Gasteiger partial charge in [0.2, 0.25) is 5.91 Å². The molecule has 0 aliphatic carbocycles. The molecule has 0 saturated carbocycles. The van der Waals surface area contributed by atoms with Crippen molar-refractivity contribution in [3.8, 4) is 0 Å². The number of nitrogens with two attached hydrogens (primary N) is 1. The van der Waals surface area contributed by atoms with E-state index in [0.717, 1.165) is 12.8 Å². The van der Waals surface area contributed by atoms with E-state index < -0.39 is 18.1 Å². The zero-order chi connectivity index (χ0) is 15.3. The summed E-state index contributed by atoms with van der Waals surface area (Å²) in [6, 6.07) is -1.47. The van der Waals surface area contributed by atoms with Crippen LogP contribution in [0.5, 0.6) is 0 Å². The number of carboxylic acids is 1. The van der Waals surface area contributed by atoms with Crippen LogP contribution >= 0.6 is 0 Å². The first kappa shape index (κ1) is 16.9. The number of likely N-dealkylation sites (tertiary alicyclic amines) is 1. The number of amides is 1. The standard InChI is InChI=1S/C14H26N2O4/c1-4-6-20-10-7-11(14(18)19)16(8-10)13(17)12(15)9(3)5-2/h9-12H,4-8,15H2,1-3H3,(H,18,19). The Hall–Kier alpha value is -1.14. The molecule has 1 heterocycles. The molecule has 0 aromatic heterocycles. The second kappa shape index (κ2) is 7.59. The Morgan fingerprint density at radius 3 is 2.60 bits per heavy atom. The highest BCUT2D eigenvalue weighted by Crippen LogP contribution is 2.23. The highest BCUT2D eigenvalue weighted by atomic mass is 16.5. The Labute approximate surface area is 120 Å². The number of hydrogen-bond donors (Lipinski definition) is 2. The van der Waals surface area contributed by atoms with Gasteiger partial charge in [0.05, 0.1) is 12.1 Å². The normalized spacial score (nSPS) is 25.5. The van der Waals surface area contributed by atoms with Gasteiger partial charge in [0.1, 0.15) is 6.04 Å². The minimum atomic E-state index is -0.989. The molecule has 0 bridgehead atoms. The fourth-order valence-corrected chi connectivity index (χ4v) is 2.37. The lowest BCUT2D eigenvalue weighted by atomic mass is 9.98. The van der Waals surface area contributed by atoms with Crippen molar-refractivity contribution in [3.05, 3.63) is 0 Å². The average molecular weight is 286 g/mol. The predicted molar refractivity (Wildman–Crippen MR) is 75.2 cm³/mol. The summed E-state index contributed by atoms with van der Waals surface area (Å²) in [7, 11) is 0. The third-order valence-corrected chi connectivity index (χ3v) is 3.93. The Bertz CT molecular complexity index is 348. The van der Waals surface area contributed by atoms with Crippen LogP contribution in [-0.2, 0) is 14.3 Å².